The van der Waals surface area contributed by atoms with E-state index in [0.717, 1.165) is 55.0 Å². The number of fused-ring (bicyclic) bond motifs is 1. The molecule has 1 saturated carbocycles. The molecule has 0 radical (unpaired) electrons. The number of hydrogen-bond acceptors (Lipinski definition) is 6. The molecular formula is C17H21N5O3. The van der Waals surface area contributed by atoms with E-state index >= 15 is 0 Å². The second-order valence-electron chi connectivity index (χ2n) is 7.20. The molecule has 25 heavy (non-hydrogen) atoms. The van der Waals surface area contributed by atoms with Gasteiger partial charge in [-0.3, -0.25) is 9.48 Å². The molecule has 8 heteroatoms. The zero-order valence-electron chi connectivity index (χ0n) is 14.3. The lowest BCUT2D eigenvalue weighted by atomic mass is 10.0. The zero-order chi connectivity index (χ0) is 17.0. The molecule has 8 nitrogen and oxygen atoms in total. The average molecular weight is 343 g/mol. The Labute approximate surface area is 145 Å². The Hall–Kier alpha value is -2.22. The third-order valence-electron chi connectivity index (χ3n) is 5.42. The van der Waals surface area contributed by atoms with Crippen LogP contribution >= 0.6 is 0 Å². The zero-order valence-corrected chi connectivity index (χ0v) is 14.3. The van der Waals surface area contributed by atoms with E-state index in [9.17, 15) is 4.79 Å². The summed E-state index contributed by atoms with van der Waals surface area (Å²) in [7, 11) is 1.93. The smallest absolute Gasteiger partial charge is 0.278 e. The van der Waals surface area contributed by atoms with Crippen molar-refractivity contribution in [2.45, 2.75) is 38.1 Å². The third kappa shape index (κ3) is 2.55. The maximum atomic E-state index is 12.7. The van der Waals surface area contributed by atoms with Crippen molar-refractivity contribution in [3.63, 3.8) is 0 Å². The molecule has 0 N–H and O–H groups in total. The highest BCUT2D eigenvalue weighted by molar-refractivity contribution is 5.79. The van der Waals surface area contributed by atoms with Crippen molar-refractivity contribution < 1.29 is 14.1 Å². The standard InChI is InChI=1S/C17H21N5O3/c1-21-13-4-6-22(17(23)11-5-7-24-9-11)8-12(13)14(19-21)16-18-15(20-25-16)10-2-3-10/h10-11H,2-9H2,1H3. The largest absolute Gasteiger partial charge is 0.381 e. The first-order chi connectivity index (χ1) is 12.2. The average Bonchev–Trinajstić information content (AvgIpc) is 3.04. The normalized spacial score (nSPS) is 23.1. The van der Waals surface area contributed by atoms with Crippen molar-refractivity contribution in [3.05, 3.63) is 17.1 Å². The number of amides is 1. The summed E-state index contributed by atoms with van der Waals surface area (Å²) >= 11 is 0. The van der Waals surface area contributed by atoms with E-state index in [1.165, 1.54) is 0 Å². The molecule has 2 aromatic heterocycles. The molecule has 132 valence electrons. The van der Waals surface area contributed by atoms with Crippen LogP contribution < -0.4 is 0 Å². The third-order valence-corrected chi connectivity index (χ3v) is 5.42. The predicted octanol–water partition coefficient (Wildman–Crippen LogP) is 1.27. The van der Waals surface area contributed by atoms with Crippen molar-refractivity contribution >= 4 is 5.91 Å². The molecule has 2 aliphatic heterocycles. The van der Waals surface area contributed by atoms with Crippen LogP contribution in [0, 0.1) is 5.92 Å². The van der Waals surface area contributed by atoms with Gasteiger partial charge in [-0.1, -0.05) is 5.16 Å². The van der Waals surface area contributed by atoms with Crippen LogP contribution in [0.25, 0.3) is 11.6 Å². The first-order valence-corrected chi connectivity index (χ1v) is 8.96. The van der Waals surface area contributed by atoms with Gasteiger partial charge in [0, 0.05) is 50.3 Å². The van der Waals surface area contributed by atoms with E-state index in [2.05, 4.69) is 15.2 Å². The highest BCUT2D eigenvalue weighted by atomic mass is 16.5. The number of aryl methyl sites for hydroxylation is 1. The molecule has 0 spiro atoms. The summed E-state index contributed by atoms with van der Waals surface area (Å²) in [4.78, 5) is 19.2. The Morgan fingerprint density at radius 2 is 2.16 bits per heavy atom. The van der Waals surface area contributed by atoms with Crippen molar-refractivity contribution in [1.82, 2.24) is 24.8 Å². The highest BCUT2D eigenvalue weighted by Gasteiger charge is 2.34. The van der Waals surface area contributed by atoms with Crippen LogP contribution in [-0.2, 0) is 29.5 Å². The summed E-state index contributed by atoms with van der Waals surface area (Å²) in [5.74, 6) is 1.87. The van der Waals surface area contributed by atoms with Crippen molar-refractivity contribution in [1.29, 1.82) is 0 Å². The van der Waals surface area contributed by atoms with Crippen LogP contribution in [0.4, 0.5) is 0 Å². The Kier molecular flexibility index (Phi) is 3.41. The van der Waals surface area contributed by atoms with Crippen LogP contribution in [0.2, 0.25) is 0 Å². The molecule has 2 fully saturated rings. The molecule has 1 saturated heterocycles. The fourth-order valence-corrected chi connectivity index (χ4v) is 3.78. The topological polar surface area (TPSA) is 86.3 Å². The summed E-state index contributed by atoms with van der Waals surface area (Å²) in [6.45, 7) is 2.49. The van der Waals surface area contributed by atoms with Gasteiger partial charge >= 0.3 is 0 Å². The van der Waals surface area contributed by atoms with Crippen molar-refractivity contribution in [2.24, 2.45) is 13.0 Å². The van der Waals surface area contributed by atoms with Crippen LogP contribution in [0.1, 0.15) is 42.3 Å². The molecule has 1 atom stereocenters. The second-order valence-corrected chi connectivity index (χ2v) is 7.20. The molecule has 4 heterocycles. The number of rotatable bonds is 3. The summed E-state index contributed by atoms with van der Waals surface area (Å²) in [6, 6.07) is 0. The summed E-state index contributed by atoms with van der Waals surface area (Å²) in [5, 5.41) is 8.70. The van der Waals surface area contributed by atoms with Gasteiger partial charge in [0.25, 0.3) is 5.89 Å². The van der Waals surface area contributed by atoms with Gasteiger partial charge in [-0.25, -0.2) is 0 Å². The van der Waals surface area contributed by atoms with Gasteiger partial charge in [0.05, 0.1) is 12.5 Å². The van der Waals surface area contributed by atoms with Gasteiger partial charge < -0.3 is 14.2 Å². The number of nitrogens with zero attached hydrogens (tertiary/aromatic N) is 5. The van der Waals surface area contributed by atoms with Gasteiger partial charge in [0.1, 0.15) is 0 Å². The van der Waals surface area contributed by atoms with Gasteiger partial charge in [-0.2, -0.15) is 10.1 Å². The fourth-order valence-electron chi connectivity index (χ4n) is 3.78. The van der Waals surface area contributed by atoms with E-state index < -0.39 is 0 Å². The molecule has 5 rings (SSSR count). The first-order valence-electron chi connectivity index (χ1n) is 8.96. The molecule has 0 bridgehead atoms. The Balaban J connectivity index is 1.44. The number of aromatic nitrogens is 4. The lowest BCUT2D eigenvalue weighted by Gasteiger charge is -2.29. The van der Waals surface area contributed by atoms with Crippen LogP contribution in [0.15, 0.2) is 4.52 Å². The van der Waals surface area contributed by atoms with Crippen LogP contribution in [0.5, 0.6) is 0 Å². The molecule has 3 aliphatic rings. The number of hydrogen-bond donors (Lipinski definition) is 0. The van der Waals surface area contributed by atoms with Gasteiger partial charge in [-0.05, 0) is 19.3 Å². The number of carbonyl (C=O) groups is 1. The van der Waals surface area contributed by atoms with Crippen LogP contribution in [-0.4, -0.2) is 50.5 Å². The summed E-state index contributed by atoms with van der Waals surface area (Å²) in [6.07, 6.45) is 3.87. The maximum absolute atomic E-state index is 12.7. The van der Waals surface area contributed by atoms with Gasteiger partial charge in [0.2, 0.25) is 5.91 Å². The van der Waals surface area contributed by atoms with Crippen molar-refractivity contribution in [3.8, 4) is 11.6 Å². The fraction of sp³-hybridized carbons (Fsp3) is 0.647. The number of ether oxygens (including phenoxy) is 1. The monoisotopic (exact) mass is 343 g/mol. The SMILES string of the molecule is Cn1nc(-c2nc(C3CC3)no2)c2c1CCN(C(=O)C1CCOC1)C2. The Bertz CT molecular complexity index is 816. The summed E-state index contributed by atoms with van der Waals surface area (Å²) in [5.41, 5.74) is 2.90. The molecule has 2 aromatic rings. The predicted molar refractivity (Wildman–Crippen MR) is 86.5 cm³/mol. The highest BCUT2D eigenvalue weighted by Crippen LogP contribution is 2.39. The molecule has 1 amide bonds. The van der Waals surface area contributed by atoms with E-state index in [-0.39, 0.29) is 11.8 Å². The van der Waals surface area contributed by atoms with Gasteiger partial charge in [-0.15, -0.1) is 0 Å². The van der Waals surface area contributed by atoms with E-state index in [4.69, 9.17) is 9.26 Å². The molecule has 0 aromatic carbocycles. The van der Waals surface area contributed by atoms with E-state index in [1.54, 1.807) is 0 Å². The van der Waals surface area contributed by atoms with E-state index in [0.29, 0.717) is 31.6 Å². The van der Waals surface area contributed by atoms with Gasteiger partial charge in [0.15, 0.2) is 11.5 Å². The van der Waals surface area contributed by atoms with E-state index in [1.807, 2.05) is 16.6 Å². The quantitative estimate of drug-likeness (QED) is 0.834. The minimum Gasteiger partial charge on any atom is -0.381 e. The Morgan fingerprint density at radius 3 is 2.92 bits per heavy atom. The lowest BCUT2D eigenvalue weighted by molar-refractivity contribution is -0.136. The molecular weight excluding hydrogens is 322 g/mol. The number of carbonyl (C=O) groups excluding carboxylic acids is 1. The van der Waals surface area contributed by atoms with Crippen LogP contribution in [0.3, 0.4) is 0 Å². The minimum absolute atomic E-state index is 0.00783. The maximum Gasteiger partial charge on any atom is 0.278 e. The molecule has 1 aliphatic carbocycles. The first kappa shape index (κ1) is 15.1. The van der Waals surface area contributed by atoms with Crippen molar-refractivity contribution in [2.75, 3.05) is 19.8 Å². The minimum atomic E-state index is -0.00783. The second kappa shape index (κ2) is 5.66. The lowest BCUT2D eigenvalue weighted by Crippen LogP contribution is -2.40. The Morgan fingerprint density at radius 1 is 1.28 bits per heavy atom. The molecule has 1 unspecified atom stereocenters. The summed E-state index contributed by atoms with van der Waals surface area (Å²) < 4.78 is 12.7.